The smallest absolute Gasteiger partial charge is 0.128 e. The van der Waals surface area contributed by atoms with Crippen LogP contribution in [0.1, 0.15) is 24.1 Å². The first-order valence-electron chi connectivity index (χ1n) is 4.22. The number of aliphatic hydroxyl groups is 1. The van der Waals surface area contributed by atoms with Crippen molar-refractivity contribution < 1.29 is 9.50 Å². The molecule has 3 heteroatoms. The number of rotatable bonds is 2. The van der Waals surface area contributed by atoms with Gasteiger partial charge < -0.3 is 10.8 Å². The average Bonchev–Trinajstić information content (AvgIpc) is 2.03. The molecule has 72 valence electrons. The van der Waals surface area contributed by atoms with E-state index in [-0.39, 0.29) is 5.82 Å². The van der Waals surface area contributed by atoms with Crippen LogP contribution in [0.5, 0.6) is 0 Å². The maximum atomic E-state index is 13.3. The molecule has 0 bridgehead atoms. The molecule has 2 nitrogen and oxygen atoms in total. The highest BCUT2D eigenvalue weighted by molar-refractivity contribution is 5.26. The summed E-state index contributed by atoms with van der Waals surface area (Å²) < 4.78 is 13.3. The Hall–Kier alpha value is -0.930. The summed E-state index contributed by atoms with van der Waals surface area (Å²) in [5.74, 6) is -0.353. The molecule has 0 radical (unpaired) electrons. The van der Waals surface area contributed by atoms with Gasteiger partial charge in [-0.1, -0.05) is 12.1 Å². The lowest BCUT2D eigenvalue weighted by Crippen LogP contribution is -2.24. The Morgan fingerprint density at radius 3 is 2.54 bits per heavy atom. The van der Waals surface area contributed by atoms with Crippen molar-refractivity contribution in [2.45, 2.75) is 26.0 Å². The third-order valence-corrected chi connectivity index (χ3v) is 2.03. The van der Waals surface area contributed by atoms with Crippen molar-refractivity contribution in [1.82, 2.24) is 0 Å². The number of benzene rings is 1. The number of hydrogen-bond donors (Lipinski definition) is 2. The van der Waals surface area contributed by atoms with Crippen LogP contribution in [-0.2, 0) is 0 Å². The third kappa shape index (κ3) is 2.26. The molecule has 0 aliphatic heterocycles. The van der Waals surface area contributed by atoms with Crippen LogP contribution >= 0.6 is 0 Å². The van der Waals surface area contributed by atoms with Gasteiger partial charge >= 0.3 is 0 Å². The summed E-state index contributed by atoms with van der Waals surface area (Å²) in [6, 6.07) is 4.15. The molecule has 1 aromatic carbocycles. The van der Waals surface area contributed by atoms with Gasteiger partial charge in [-0.3, -0.25) is 0 Å². The quantitative estimate of drug-likeness (QED) is 0.730. The summed E-state index contributed by atoms with van der Waals surface area (Å²) in [5.41, 5.74) is 6.81. The van der Waals surface area contributed by atoms with Crippen LogP contribution in [0.25, 0.3) is 0 Å². The molecule has 0 unspecified atom stereocenters. The molecule has 0 fully saturated rings. The standard InChI is InChI=1S/C10H14FNO/c1-6-3-4-8(9(11)5-6)10(12)7(2)13/h3-5,7,10,13H,12H2,1-2H3/t7-,10-/m0/s1. The highest BCUT2D eigenvalue weighted by Gasteiger charge is 2.15. The summed E-state index contributed by atoms with van der Waals surface area (Å²) >= 11 is 0. The van der Waals surface area contributed by atoms with Gasteiger partial charge in [0.25, 0.3) is 0 Å². The Kier molecular flexibility index (Phi) is 3.01. The van der Waals surface area contributed by atoms with Gasteiger partial charge in [0, 0.05) is 5.56 Å². The highest BCUT2D eigenvalue weighted by atomic mass is 19.1. The first kappa shape index (κ1) is 10.2. The molecule has 0 saturated carbocycles. The van der Waals surface area contributed by atoms with E-state index in [1.54, 1.807) is 26.0 Å². The normalized spacial score (nSPS) is 15.5. The van der Waals surface area contributed by atoms with E-state index >= 15 is 0 Å². The van der Waals surface area contributed by atoms with Crippen molar-refractivity contribution in [2.75, 3.05) is 0 Å². The van der Waals surface area contributed by atoms with E-state index in [4.69, 9.17) is 5.73 Å². The lowest BCUT2D eigenvalue weighted by Gasteiger charge is -2.15. The van der Waals surface area contributed by atoms with Crippen molar-refractivity contribution >= 4 is 0 Å². The fourth-order valence-corrected chi connectivity index (χ4v) is 1.16. The van der Waals surface area contributed by atoms with Crippen LogP contribution < -0.4 is 5.73 Å². The van der Waals surface area contributed by atoms with E-state index in [2.05, 4.69) is 0 Å². The Bertz CT molecular complexity index is 299. The fourth-order valence-electron chi connectivity index (χ4n) is 1.16. The zero-order valence-electron chi connectivity index (χ0n) is 7.79. The molecule has 0 saturated heterocycles. The van der Waals surface area contributed by atoms with Crippen LogP contribution in [0, 0.1) is 12.7 Å². The Labute approximate surface area is 77.2 Å². The summed E-state index contributed by atoms with van der Waals surface area (Å²) in [6.45, 7) is 3.35. The van der Waals surface area contributed by atoms with Crippen LogP contribution in [-0.4, -0.2) is 11.2 Å². The summed E-state index contributed by atoms with van der Waals surface area (Å²) in [7, 11) is 0. The van der Waals surface area contributed by atoms with Gasteiger partial charge in [0.05, 0.1) is 12.1 Å². The predicted octanol–water partition coefficient (Wildman–Crippen LogP) is 1.51. The number of aryl methyl sites for hydroxylation is 1. The molecule has 2 atom stereocenters. The van der Waals surface area contributed by atoms with Gasteiger partial charge in [0.15, 0.2) is 0 Å². The third-order valence-electron chi connectivity index (χ3n) is 2.03. The molecule has 1 rings (SSSR count). The zero-order valence-corrected chi connectivity index (χ0v) is 7.79. The number of aliphatic hydroxyl groups excluding tert-OH is 1. The maximum Gasteiger partial charge on any atom is 0.128 e. The first-order chi connectivity index (χ1) is 6.02. The van der Waals surface area contributed by atoms with Gasteiger partial charge in [-0.25, -0.2) is 4.39 Å². The molecule has 1 aromatic rings. The molecule has 0 aromatic heterocycles. The van der Waals surface area contributed by atoms with E-state index in [9.17, 15) is 9.50 Å². The molecular weight excluding hydrogens is 169 g/mol. The molecule has 0 amide bonds. The zero-order chi connectivity index (χ0) is 10.0. The molecule has 13 heavy (non-hydrogen) atoms. The van der Waals surface area contributed by atoms with Crippen molar-refractivity contribution in [2.24, 2.45) is 5.73 Å². The largest absolute Gasteiger partial charge is 0.391 e. The molecular formula is C10H14FNO. The molecule has 3 N–H and O–H groups in total. The Morgan fingerprint density at radius 1 is 1.46 bits per heavy atom. The fraction of sp³-hybridized carbons (Fsp3) is 0.400. The van der Waals surface area contributed by atoms with E-state index in [1.165, 1.54) is 6.07 Å². The first-order valence-corrected chi connectivity index (χ1v) is 4.22. The van der Waals surface area contributed by atoms with Crippen molar-refractivity contribution in [1.29, 1.82) is 0 Å². The van der Waals surface area contributed by atoms with Crippen LogP contribution in [0.2, 0.25) is 0 Å². The lowest BCUT2D eigenvalue weighted by molar-refractivity contribution is 0.162. The maximum absolute atomic E-state index is 13.3. The minimum atomic E-state index is -0.739. The Morgan fingerprint density at radius 2 is 2.08 bits per heavy atom. The van der Waals surface area contributed by atoms with Gasteiger partial charge in [-0.05, 0) is 25.5 Å². The number of nitrogens with two attached hydrogens (primary N) is 1. The summed E-state index contributed by atoms with van der Waals surface area (Å²) in [4.78, 5) is 0. The van der Waals surface area contributed by atoms with Crippen LogP contribution in [0.4, 0.5) is 4.39 Å². The monoisotopic (exact) mass is 183 g/mol. The lowest BCUT2D eigenvalue weighted by atomic mass is 10.0. The summed E-state index contributed by atoms with van der Waals surface area (Å²) in [5, 5.41) is 9.18. The van der Waals surface area contributed by atoms with Crippen molar-refractivity contribution in [3.05, 3.63) is 35.1 Å². The van der Waals surface area contributed by atoms with Crippen LogP contribution in [0.15, 0.2) is 18.2 Å². The van der Waals surface area contributed by atoms with E-state index in [1.807, 2.05) is 0 Å². The summed E-state index contributed by atoms with van der Waals surface area (Å²) in [6.07, 6.45) is -0.739. The number of hydrogen-bond acceptors (Lipinski definition) is 2. The molecule has 0 heterocycles. The van der Waals surface area contributed by atoms with Crippen LogP contribution in [0.3, 0.4) is 0 Å². The average molecular weight is 183 g/mol. The molecule has 0 aliphatic carbocycles. The predicted molar refractivity (Wildman–Crippen MR) is 49.7 cm³/mol. The Balaban J connectivity index is 3.01. The SMILES string of the molecule is Cc1ccc([C@@H](N)[C@H](C)O)c(F)c1. The van der Waals surface area contributed by atoms with Crippen molar-refractivity contribution in [3.8, 4) is 0 Å². The van der Waals surface area contributed by atoms with E-state index in [0.29, 0.717) is 5.56 Å². The molecule has 0 spiro atoms. The topological polar surface area (TPSA) is 46.2 Å². The second-order valence-electron chi connectivity index (χ2n) is 3.29. The second-order valence-corrected chi connectivity index (χ2v) is 3.29. The number of halogens is 1. The van der Waals surface area contributed by atoms with Gasteiger partial charge in [0.1, 0.15) is 5.82 Å². The van der Waals surface area contributed by atoms with Gasteiger partial charge in [-0.15, -0.1) is 0 Å². The molecule has 0 aliphatic rings. The minimum Gasteiger partial charge on any atom is -0.391 e. The second kappa shape index (κ2) is 3.85. The van der Waals surface area contributed by atoms with Gasteiger partial charge in [0.2, 0.25) is 0 Å². The van der Waals surface area contributed by atoms with Crippen molar-refractivity contribution in [3.63, 3.8) is 0 Å². The minimum absolute atomic E-state index is 0.353. The van der Waals surface area contributed by atoms with E-state index < -0.39 is 12.1 Å². The van der Waals surface area contributed by atoms with Gasteiger partial charge in [-0.2, -0.15) is 0 Å². The van der Waals surface area contributed by atoms with E-state index in [0.717, 1.165) is 5.56 Å². The highest BCUT2D eigenvalue weighted by Crippen LogP contribution is 2.18.